The third-order valence-corrected chi connectivity index (χ3v) is 10.2. The second-order valence-corrected chi connectivity index (χ2v) is 13.7. The maximum Gasteiger partial charge on any atom is 0.303 e. The van der Waals surface area contributed by atoms with Gasteiger partial charge in [-0.1, -0.05) is 36.4 Å². The van der Waals surface area contributed by atoms with Crippen LogP contribution in [0.15, 0.2) is 81.7 Å². The zero-order valence-electron chi connectivity index (χ0n) is 27.7. The van der Waals surface area contributed by atoms with Gasteiger partial charge in [0, 0.05) is 46.1 Å². The van der Waals surface area contributed by atoms with E-state index in [1.54, 1.807) is 0 Å². The van der Waals surface area contributed by atoms with Gasteiger partial charge in [0.25, 0.3) is 0 Å². The van der Waals surface area contributed by atoms with Crippen molar-refractivity contribution >= 4 is 90.2 Å². The minimum atomic E-state index is -0.863. The number of rotatable bonds is 12. The summed E-state index contributed by atoms with van der Waals surface area (Å²) in [7, 11) is 0. The number of aliphatic carboxylic acids is 2. The van der Waals surface area contributed by atoms with Crippen LogP contribution in [-0.4, -0.2) is 55.3 Å². The standard InChI is InChI=1S/C40H32Br2N4O6/c41-39-29-17-13-25(43-29)37(23-7-1-3-9-33(23)51-21-5-11-35(47)48)26-14-18-30(44-26)40(42)32-20-16-28(46-32)38(27-15-19-31(39)45-27)24-8-2-4-10-34(24)52-22-6-12-36(49)50/h1-4,7-10,13-20,43,46H,5-6,11-12,21-22H2,(H,47,48)(H,49,50). The number of H-pyrrole nitrogens is 2. The molecule has 5 heterocycles. The molecule has 2 aromatic carbocycles. The van der Waals surface area contributed by atoms with Crippen LogP contribution in [0, 0.1) is 0 Å². The van der Waals surface area contributed by atoms with E-state index in [9.17, 15) is 9.59 Å². The molecule has 0 saturated heterocycles. The number of aromatic nitrogens is 4. The van der Waals surface area contributed by atoms with Crippen LogP contribution in [0.2, 0.25) is 0 Å². The lowest BCUT2D eigenvalue weighted by Gasteiger charge is -2.12. The van der Waals surface area contributed by atoms with E-state index in [0.29, 0.717) is 47.1 Å². The number of carbonyl (C=O) groups is 2. The molecule has 10 nitrogen and oxygen atoms in total. The highest BCUT2D eigenvalue weighted by Gasteiger charge is 2.19. The molecule has 0 spiro atoms. The van der Waals surface area contributed by atoms with Crippen LogP contribution in [0.4, 0.5) is 0 Å². The highest BCUT2D eigenvalue weighted by Crippen LogP contribution is 2.40. The van der Waals surface area contributed by atoms with Gasteiger partial charge in [-0.15, -0.1) is 0 Å². The van der Waals surface area contributed by atoms with E-state index in [0.717, 1.165) is 53.3 Å². The number of hydrogen-bond acceptors (Lipinski definition) is 6. The summed E-state index contributed by atoms with van der Waals surface area (Å²) in [6.07, 6.45) is 8.64. The normalized spacial score (nSPS) is 11.9. The third-order valence-electron chi connectivity index (χ3n) is 8.52. The lowest BCUT2D eigenvalue weighted by atomic mass is 10.0. The van der Waals surface area contributed by atoms with Crippen molar-refractivity contribution in [3.05, 3.63) is 105 Å². The van der Waals surface area contributed by atoms with E-state index >= 15 is 0 Å². The number of fused-ring (bicyclic) bond motifs is 8. The maximum atomic E-state index is 11.1. The third kappa shape index (κ3) is 7.44. The molecule has 0 saturated carbocycles. The summed E-state index contributed by atoms with van der Waals surface area (Å²) in [6.45, 7) is 0.511. The smallest absolute Gasteiger partial charge is 0.303 e. The molecule has 0 atom stereocenters. The van der Waals surface area contributed by atoms with Gasteiger partial charge in [-0.3, -0.25) is 9.59 Å². The Balaban J connectivity index is 1.44. The Morgan fingerprint density at radius 3 is 1.37 bits per heavy atom. The summed E-state index contributed by atoms with van der Waals surface area (Å²) >= 11 is 7.64. The quantitative estimate of drug-likeness (QED) is 0.0890. The van der Waals surface area contributed by atoms with Gasteiger partial charge in [0.2, 0.25) is 0 Å². The number of benzene rings is 2. The Morgan fingerprint density at radius 1 is 0.558 bits per heavy atom. The number of carboxylic acid groups (broad SMARTS) is 2. The molecule has 2 aliphatic heterocycles. The van der Waals surface area contributed by atoms with E-state index in [2.05, 4.69) is 41.8 Å². The minimum absolute atomic E-state index is 0.0201. The van der Waals surface area contributed by atoms with Gasteiger partial charge in [0.1, 0.15) is 11.5 Å². The average Bonchev–Trinajstić information content (AvgIpc) is 3.98. The molecule has 12 heteroatoms. The molecule has 52 heavy (non-hydrogen) atoms. The van der Waals surface area contributed by atoms with Crippen molar-refractivity contribution in [1.82, 2.24) is 19.9 Å². The molecule has 4 N–H and O–H groups in total. The maximum absolute atomic E-state index is 11.1. The molecular weight excluding hydrogens is 792 g/mol. The molecule has 0 radical (unpaired) electrons. The van der Waals surface area contributed by atoms with Crippen LogP contribution >= 0.6 is 31.9 Å². The highest BCUT2D eigenvalue weighted by molar-refractivity contribution is 9.11. The van der Waals surface area contributed by atoms with E-state index in [-0.39, 0.29) is 26.1 Å². The SMILES string of the molecule is O=C(O)CCCOc1ccccc1-c1c2nc(c(Br)c3ccc([nH]3)c(-c3ccccc3OCCCC(=O)O)c3nc(c(Br)c4ccc1[nH]4)C=C3)C=C2. The molecule has 0 aliphatic carbocycles. The minimum Gasteiger partial charge on any atom is -0.493 e. The first-order valence-corrected chi connectivity index (χ1v) is 18.2. The summed E-state index contributed by atoms with van der Waals surface area (Å²) < 4.78 is 13.8. The fourth-order valence-electron chi connectivity index (χ4n) is 6.11. The van der Waals surface area contributed by atoms with Crippen molar-refractivity contribution in [1.29, 1.82) is 0 Å². The van der Waals surface area contributed by atoms with Gasteiger partial charge >= 0.3 is 11.9 Å². The van der Waals surface area contributed by atoms with Crippen molar-refractivity contribution in [3.8, 4) is 33.8 Å². The lowest BCUT2D eigenvalue weighted by Crippen LogP contribution is -2.03. The first kappa shape index (κ1) is 35.0. The second kappa shape index (κ2) is 15.4. The van der Waals surface area contributed by atoms with Gasteiger partial charge in [-0.05, 0) is 105 Å². The van der Waals surface area contributed by atoms with Gasteiger partial charge in [0.15, 0.2) is 0 Å². The lowest BCUT2D eigenvalue weighted by molar-refractivity contribution is -0.138. The largest absolute Gasteiger partial charge is 0.493 e. The van der Waals surface area contributed by atoms with Gasteiger partial charge < -0.3 is 29.7 Å². The van der Waals surface area contributed by atoms with E-state index in [1.165, 1.54) is 0 Å². The summed E-state index contributed by atoms with van der Waals surface area (Å²) in [5.41, 5.74) is 9.31. The molecule has 5 aromatic rings. The summed E-state index contributed by atoms with van der Waals surface area (Å²) in [6, 6.07) is 23.3. The number of halogens is 2. The Labute approximate surface area is 315 Å². The monoisotopic (exact) mass is 822 g/mol. The molecule has 0 unspecified atom stereocenters. The first-order valence-electron chi connectivity index (χ1n) is 16.6. The highest BCUT2D eigenvalue weighted by atomic mass is 79.9. The number of para-hydroxylation sites is 2. The average molecular weight is 825 g/mol. The predicted molar refractivity (Wildman–Crippen MR) is 210 cm³/mol. The topological polar surface area (TPSA) is 150 Å². The van der Waals surface area contributed by atoms with E-state index in [1.807, 2.05) is 97.1 Å². The molecule has 262 valence electrons. The van der Waals surface area contributed by atoms with Gasteiger partial charge in [-0.2, -0.15) is 0 Å². The van der Waals surface area contributed by atoms with Gasteiger partial charge in [0.05, 0.1) is 56.0 Å². The van der Waals surface area contributed by atoms with Crippen LogP contribution in [0.3, 0.4) is 0 Å². The number of aromatic amines is 2. The second-order valence-electron chi connectivity index (χ2n) is 12.1. The molecular formula is C40H32Br2N4O6. The van der Waals surface area contributed by atoms with Crippen molar-refractivity contribution in [3.63, 3.8) is 0 Å². The van der Waals surface area contributed by atoms with Crippen LogP contribution in [0.5, 0.6) is 11.5 Å². The fraction of sp³-hybridized carbons (Fsp3) is 0.150. The number of carboxylic acids is 2. The molecule has 3 aromatic heterocycles. The fourth-order valence-corrected chi connectivity index (χ4v) is 7.02. The van der Waals surface area contributed by atoms with Crippen molar-refractivity contribution in [2.45, 2.75) is 25.7 Å². The predicted octanol–water partition coefficient (Wildman–Crippen LogP) is 10.0. The number of nitrogens with one attached hydrogen (secondary N) is 2. The number of ether oxygens (including phenoxy) is 2. The van der Waals surface area contributed by atoms with Crippen LogP contribution in [-0.2, 0) is 9.59 Å². The Bertz CT molecular complexity index is 2260. The van der Waals surface area contributed by atoms with Crippen molar-refractivity contribution in [2.75, 3.05) is 13.2 Å². The van der Waals surface area contributed by atoms with Crippen molar-refractivity contribution in [2.24, 2.45) is 0 Å². The molecule has 7 rings (SSSR count). The van der Waals surface area contributed by atoms with E-state index in [4.69, 9.17) is 29.7 Å². The summed E-state index contributed by atoms with van der Waals surface area (Å²) in [5, 5.41) is 18.2. The summed E-state index contributed by atoms with van der Waals surface area (Å²) in [4.78, 5) is 39.5. The van der Waals surface area contributed by atoms with E-state index < -0.39 is 11.9 Å². The zero-order valence-corrected chi connectivity index (χ0v) is 30.8. The summed E-state index contributed by atoms with van der Waals surface area (Å²) in [5.74, 6) is -0.485. The number of hydrogen-bond donors (Lipinski definition) is 4. The van der Waals surface area contributed by atoms with Crippen molar-refractivity contribution < 1.29 is 29.3 Å². The Morgan fingerprint density at radius 2 is 0.942 bits per heavy atom. The molecule has 0 amide bonds. The Hall–Kier alpha value is -5.46. The number of nitrogens with zero attached hydrogens (tertiary/aromatic N) is 2. The first-order chi connectivity index (χ1) is 25.3. The van der Waals surface area contributed by atoms with Crippen LogP contribution in [0.1, 0.15) is 48.5 Å². The molecule has 0 fully saturated rings. The molecule has 2 aliphatic rings. The molecule has 8 bridgehead atoms. The van der Waals surface area contributed by atoms with Crippen LogP contribution < -0.4 is 9.47 Å². The van der Waals surface area contributed by atoms with Crippen LogP contribution in [0.25, 0.3) is 68.6 Å². The van der Waals surface area contributed by atoms with Gasteiger partial charge in [-0.25, -0.2) is 9.97 Å². The zero-order chi connectivity index (χ0) is 36.2. The Kier molecular flexibility index (Phi) is 10.4.